The van der Waals surface area contributed by atoms with E-state index in [4.69, 9.17) is 14.2 Å². The average molecular weight is 380 g/mol. The minimum atomic E-state index is -0.467. The van der Waals surface area contributed by atoms with Crippen LogP contribution in [0.1, 0.15) is 28.4 Å². The van der Waals surface area contributed by atoms with Gasteiger partial charge >= 0.3 is 5.97 Å². The fourth-order valence-electron chi connectivity index (χ4n) is 2.99. The van der Waals surface area contributed by atoms with E-state index in [1.807, 2.05) is 0 Å². The fourth-order valence-corrected chi connectivity index (χ4v) is 2.99. The maximum atomic E-state index is 12.4. The molecule has 144 valence electrons. The Bertz CT molecular complexity index is 983. The third-order valence-corrected chi connectivity index (χ3v) is 4.42. The zero-order valence-corrected chi connectivity index (χ0v) is 15.8. The molecule has 0 spiro atoms. The van der Waals surface area contributed by atoms with Crippen LogP contribution in [0.2, 0.25) is 0 Å². The first kappa shape index (κ1) is 19.2. The number of esters is 1. The molecule has 1 N–H and O–H groups in total. The van der Waals surface area contributed by atoms with Crippen LogP contribution in [0.15, 0.2) is 48.0 Å². The number of allylic oxidation sites excluding steroid dienone is 1. The zero-order chi connectivity index (χ0) is 20.3. The van der Waals surface area contributed by atoms with Crippen molar-refractivity contribution in [3.05, 3.63) is 64.7 Å². The molecule has 1 heterocycles. The SMILES string of the molecule is COc1ccc(C(=O)/C=C/c2cc(O)c(OC)c(C3=C(C)COC3=O)c2)cc1. The van der Waals surface area contributed by atoms with E-state index in [1.165, 1.54) is 19.3 Å². The predicted octanol–water partition coefficient (Wildman–Crippen LogP) is 3.64. The van der Waals surface area contributed by atoms with Gasteiger partial charge in [-0.15, -0.1) is 0 Å². The first-order valence-corrected chi connectivity index (χ1v) is 8.59. The number of aromatic hydroxyl groups is 1. The Hall–Kier alpha value is -3.54. The average Bonchev–Trinajstić information content (AvgIpc) is 3.03. The van der Waals surface area contributed by atoms with Crippen LogP contribution < -0.4 is 9.47 Å². The minimum absolute atomic E-state index is 0.128. The van der Waals surface area contributed by atoms with Gasteiger partial charge in [0.05, 0.1) is 19.8 Å². The molecule has 3 rings (SSSR count). The number of carbonyl (C=O) groups is 2. The molecule has 0 fully saturated rings. The van der Waals surface area contributed by atoms with Crippen LogP contribution in [0.5, 0.6) is 17.2 Å². The van der Waals surface area contributed by atoms with Crippen molar-refractivity contribution in [2.45, 2.75) is 6.92 Å². The lowest BCUT2D eigenvalue weighted by atomic mass is 9.98. The van der Waals surface area contributed by atoms with E-state index in [0.717, 1.165) is 5.57 Å². The number of cyclic esters (lactones) is 1. The van der Waals surface area contributed by atoms with Gasteiger partial charge in [-0.3, -0.25) is 4.79 Å². The third kappa shape index (κ3) is 3.76. The maximum absolute atomic E-state index is 12.4. The summed E-state index contributed by atoms with van der Waals surface area (Å²) in [5.74, 6) is 0.0570. The number of phenols is 1. The molecule has 1 aliphatic rings. The standard InChI is InChI=1S/C22H20O6/c1-13-12-28-22(25)20(13)17-10-14(11-19(24)21(17)27-3)4-9-18(23)15-5-7-16(26-2)8-6-15/h4-11,24H,12H2,1-3H3/b9-4+. The highest BCUT2D eigenvalue weighted by molar-refractivity contribution is 6.20. The second-order valence-corrected chi connectivity index (χ2v) is 6.28. The predicted molar refractivity (Wildman–Crippen MR) is 105 cm³/mol. The summed E-state index contributed by atoms with van der Waals surface area (Å²) in [6.45, 7) is 1.99. The Labute approximate surface area is 162 Å². The van der Waals surface area contributed by atoms with E-state index in [2.05, 4.69) is 0 Å². The van der Waals surface area contributed by atoms with Crippen LogP contribution in [0.3, 0.4) is 0 Å². The van der Waals surface area contributed by atoms with Crippen molar-refractivity contribution in [2.24, 2.45) is 0 Å². The van der Waals surface area contributed by atoms with Gasteiger partial charge in [0.15, 0.2) is 17.3 Å². The van der Waals surface area contributed by atoms with Gasteiger partial charge in [-0.1, -0.05) is 6.08 Å². The first-order valence-electron chi connectivity index (χ1n) is 8.59. The summed E-state index contributed by atoms with van der Waals surface area (Å²) in [4.78, 5) is 24.5. The molecule has 0 unspecified atom stereocenters. The molecule has 0 aromatic heterocycles. The van der Waals surface area contributed by atoms with Gasteiger partial charge in [-0.25, -0.2) is 4.79 Å². The Balaban J connectivity index is 1.94. The van der Waals surface area contributed by atoms with Crippen molar-refractivity contribution in [3.8, 4) is 17.2 Å². The fraction of sp³-hybridized carbons (Fsp3) is 0.182. The van der Waals surface area contributed by atoms with Gasteiger partial charge in [-0.05, 0) is 60.5 Å². The molecule has 2 aromatic carbocycles. The van der Waals surface area contributed by atoms with Crippen molar-refractivity contribution in [2.75, 3.05) is 20.8 Å². The largest absolute Gasteiger partial charge is 0.504 e. The number of ether oxygens (including phenoxy) is 3. The number of benzene rings is 2. The molecular weight excluding hydrogens is 360 g/mol. The molecule has 6 nitrogen and oxygen atoms in total. The minimum Gasteiger partial charge on any atom is -0.504 e. The van der Waals surface area contributed by atoms with Crippen LogP contribution in [0.4, 0.5) is 0 Å². The summed E-state index contributed by atoms with van der Waals surface area (Å²) < 4.78 is 15.4. The van der Waals surface area contributed by atoms with Crippen LogP contribution >= 0.6 is 0 Å². The molecular formula is C22H20O6. The molecule has 1 aliphatic heterocycles. The molecule has 0 atom stereocenters. The Morgan fingerprint density at radius 2 is 1.86 bits per heavy atom. The monoisotopic (exact) mass is 380 g/mol. The Morgan fingerprint density at radius 3 is 2.43 bits per heavy atom. The maximum Gasteiger partial charge on any atom is 0.339 e. The second kappa shape index (κ2) is 8.00. The quantitative estimate of drug-likeness (QED) is 0.468. The van der Waals surface area contributed by atoms with Gasteiger partial charge < -0.3 is 19.3 Å². The first-order chi connectivity index (χ1) is 13.4. The van der Waals surface area contributed by atoms with Crippen LogP contribution in [0.25, 0.3) is 11.6 Å². The van der Waals surface area contributed by atoms with Gasteiger partial charge in [-0.2, -0.15) is 0 Å². The zero-order valence-electron chi connectivity index (χ0n) is 15.8. The molecule has 0 bridgehead atoms. The molecule has 0 radical (unpaired) electrons. The Morgan fingerprint density at radius 1 is 1.14 bits per heavy atom. The van der Waals surface area contributed by atoms with Crippen molar-refractivity contribution >= 4 is 23.4 Å². The molecule has 6 heteroatoms. The summed E-state index contributed by atoms with van der Waals surface area (Å²) in [6, 6.07) is 9.91. The Kier molecular flexibility index (Phi) is 5.49. The summed E-state index contributed by atoms with van der Waals surface area (Å²) in [5.41, 5.74) is 2.60. The number of ketones is 1. The lowest BCUT2D eigenvalue weighted by molar-refractivity contribution is -0.134. The van der Waals surface area contributed by atoms with Gasteiger partial charge in [0.25, 0.3) is 0 Å². The second-order valence-electron chi connectivity index (χ2n) is 6.28. The number of rotatable bonds is 6. The van der Waals surface area contributed by atoms with E-state index in [9.17, 15) is 14.7 Å². The van der Waals surface area contributed by atoms with E-state index in [1.54, 1.807) is 50.4 Å². The highest BCUT2D eigenvalue weighted by atomic mass is 16.5. The van der Waals surface area contributed by atoms with E-state index >= 15 is 0 Å². The summed E-state index contributed by atoms with van der Waals surface area (Å²) >= 11 is 0. The highest BCUT2D eigenvalue weighted by Gasteiger charge is 2.27. The normalized spacial score (nSPS) is 13.8. The van der Waals surface area contributed by atoms with Gasteiger partial charge in [0, 0.05) is 11.1 Å². The van der Waals surface area contributed by atoms with Crippen molar-refractivity contribution < 1.29 is 28.9 Å². The van der Waals surface area contributed by atoms with E-state index < -0.39 is 5.97 Å². The molecule has 0 saturated carbocycles. The smallest absolute Gasteiger partial charge is 0.339 e. The number of hydrogen-bond acceptors (Lipinski definition) is 6. The lowest BCUT2D eigenvalue weighted by Crippen LogP contribution is -2.01. The molecule has 28 heavy (non-hydrogen) atoms. The van der Waals surface area contributed by atoms with E-state index in [-0.39, 0.29) is 23.9 Å². The van der Waals surface area contributed by atoms with Crippen LogP contribution in [-0.4, -0.2) is 37.7 Å². The third-order valence-electron chi connectivity index (χ3n) is 4.42. The molecule has 0 saturated heterocycles. The van der Waals surface area contributed by atoms with Crippen molar-refractivity contribution in [1.29, 1.82) is 0 Å². The summed E-state index contributed by atoms with van der Waals surface area (Å²) in [5, 5.41) is 10.3. The van der Waals surface area contributed by atoms with Gasteiger partial charge in [0.2, 0.25) is 0 Å². The number of carbonyl (C=O) groups excluding carboxylic acids is 2. The van der Waals surface area contributed by atoms with Crippen LogP contribution in [0, 0.1) is 0 Å². The molecule has 0 amide bonds. The number of phenolic OH excluding ortho intramolecular Hbond substituents is 1. The number of methoxy groups -OCH3 is 2. The summed E-state index contributed by atoms with van der Waals surface area (Å²) in [7, 11) is 2.97. The van der Waals surface area contributed by atoms with Crippen molar-refractivity contribution in [3.63, 3.8) is 0 Å². The van der Waals surface area contributed by atoms with Gasteiger partial charge in [0.1, 0.15) is 12.4 Å². The summed E-state index contributed by atoms with van der Waals surface area (Å²) in [6.07, 6.45) is 2.98. The van der Waals surface area contributed by atoms with E-state index in [0.29, 0.717) is 28.0 Å². The highest BCUT2D eigenvalue weighted by Crippen LogP contribution is 2.39. The topological polar surface area (TPSA) is 82.1 Å². The van der Waals surface area contributed by atoms with Crippen molar-refractivity contribution in [1.82, 2.24) is 0 Å². The van der Waals surface area contributed by atoms with Crippen LogP contribution in [-0.2, 0) is 9.53 Å². The molecule has 0 aliphatic carbocycles. The number of hydrogen-bond donors (Lipinski definition) is 1. The molecule has 2 aromatic rings. The lowest BCUT2D eigenvalue weighted by Gasteiger charge is -2.12.